The standard InChI is InChI=1S/C18H26N2/c1-3-5-8-14(4-2)17(19)13-15-11-12-20-18-10-7-6-9-16(15)18/h6-7,9-12,14,17H,3-5,8,13,19H2,1-2H3. The summed E-state index contributed by atoms with van der Waals surface area (Å²) >= 11 is 0. The minimum Gasteiger partial charge on any atom is -0.327 e. The Labute approximate surface area is 122 Å². The molecule has 2 atom stereocenters. The number of para-hydroxylation sites is 1. The highest BCUT2D eigenvalue weighted by molar-refractivity contribution is 5.81. The third kappa shape index (κ3) is 3.57. The van der Waals surface area contributed by atoms with Gasteiger partial charge in [-0.3, -0.25) is 4.98 Å². The van der Waals surface area contributed by atoms with Gasteiger partial charge in [0, 0.05) is 17.6 Å². The fourth-order valence-electron chi connectivity index (χ4n) is 2.94. The van der Waals surface area contributed by atoms with Crippen LogP contribution in [0.5, 0.6) is 0 Å². The number of hydrogen-bond acceptors (Lipinski definition) is 2. The second-order valence-corrected chi connectivity index (χ2v) is 5.67. The molecular weight excluding hydrogens is 244 g/mol. The normalized spacial score (nSPS) is 14.3. The number of aromatic nitrogens is 1. The Balaban J connectivity index is 2.14. The maximum atomic E-state index is 6.47. The first kappa shape index (κ1) is 15.0. The highest BCUT2D eigenvalue weighted by Crippen LogP contribution is 2.22. The van der Waals surface area contributed by atoms with Gasteiger partial charge in [-0.2, -0.15) is 0 Å². The Morgan fingerprint density at radius 1 is 1.15 bits per heavy atom. The van der Waals surface area contributed by atoms with Crippen LogP contribution in [0.25, 0.3) is 10.9 Å². The molecule has 0 saturated heterocycles. The summed E-state index contributed by atoms with van der Waals surface area (Å²) in [5.74, 6) is 0.627. The first-order chi connectivity index (χ1) is 9.76. The Bertz CT molecular complexity index is 530. The fourth-order valence-corrected chi connectivity index (χ4v) is 2.94. The van der Waals surface area contributed by atoms with E-state index < -0.39 is 0 Å². The molecule has 2 N–H and O–H groups in total. The van der Waals surface area contributed by atoms with Gasteiger partial charge in [-0.25, -0.2) is 0 Å². The van der Waals surface area contributed by atoms with Crippen LogP contribution in [0.1, 0.15) is 45.1 Å². The maximum absolute atomic E-state index is 6.47. The molecule has 0 aliphatic heterocycles. The molecule has 2 nitrogen and oxygen atoms in total. The largest absolute Gasteiger partial charge is 0.327 e. The van der Waals surface area contributed by atoms with E-state index in [1.54, 1.807) is 0 Å². The number of pyridine rings is 1. The van der Waals surface area contributed by atoms with Gasteiger partial charge in [0.05, 0.1) is 5.52 Å². The van der Waals surface area contributed by atoms with E-state index >= 15 is 0 Å². The van der Waals surface area contributed by atoms with Crippen molar-refractivity contribution in [2.45, 2.75) is 52.0 Å². The number of benzene rings is 1. The van der Waals surface area contributed by atoms with E-state index in [9.17, 15) is 0 Å². The predicted octanol–water partition coefficient (Wildman–Crippen LogP) is 4.32. The van der Waals surface area contributed by atoms with E-state index in [1.165, 1.54) is 36.6 Å². The molecule has 0 saturated carbocycles. The molecule has 2 unspecified atom stereocenters. The van der Waals surface area contributed by atoms with E-state index in [1.807, 2.05) is 12.3 Å². The van der Waals surface area contributed by atoms with Gasteiger partial charge in [-0.05, 0) is 36.5 Å². The highest BCUT2D eigenvalue weighted by atomic mass is 14.7. The molecule has 0 aliphatic carbocycles. The molecule has 2 rings (SSSR count). The molecule has 0 bridgehead atoms. The van der Waals surface area contributed by atoms with Crippen molar-refractivity contribution in [3.05, 3.63) is 42.1 Å². The lowest BCUT2D eigenvalue weighted by Gasteiger charge is -2.23. The Kier molecular flexibility index (Phi) is 5.54. The summed E-state index contributed by atoms with van der Waals surface area (Å²) in [4.78, 5) is 4.42. The van der Waals surface area contributed by atoms with Crippen molar-refractivity contribution in [2.75, 3.05) is 0 Å². The molecule has 0 amide bonds. The van der Waals surface area contributed by atoms with E-state index in [0.717, 1.165) is 11.9 Å². The summed E-state index contributed by atoms with van der Waals surface area (Å²) in [6, 6.07) is 10.7. The first-order valence-electron chi connectivity index (χ1n) is 7.84. The third-order valence-electron chi connectivity index (χ3n) is 4.25. The van der Waals surface area contributed by atoms with Gasteiger partial charge < -0.3 is 5.73 Å². The third-order valence-corrected chi connectivity index (χ3v) is 4.25. The number of hydrogen-bond donors (Lipinski definition) is 1. The molecule has 20 heavy (non-hydrogen) atoms. The Morgan fingerprint density at radius 2 is 1.95 bits per heavy atom. The van der Waals surface area contributed by atoms with Crippen LogP contribution in [-0.4, -0.2) is 11.0 Å². The average Bonchev–Trinajstić information content (AvgIpc) is 2.48. The first-order valence-corrected chi connectivity index (χ1v) is 7.84. The highest BCUT2D eigenvalue weighted by Gasteiger charge is 2.17. The molecule has 0 fully saturated rings. The maximum Gasteiger partial charge on any atom is 0.0704 e. The van der Waals surface area contributed by atoms with Gasteiger partial charge in [-0.1, -0.05) is 51.3 Å². The SMILES string of the molecule is CCCCC(CC)C(N)Cc1ccnc2ccccc12. The molecular formula is C18H26N2. The van der Waals surface area contributed by atoms with Gasteiger partial charge in [-0.15, -0.1) is 0 Å². The summed E-state index contributed by atoms with van der Waals surface area (Å²) in [7, 11) is 0. The molecule has 108 valence electrons. The van der Waals surface area contributed by atoms with Crippen LogP contribution >= 0.6 is 0 Å². The van der Waals surface area contributed by atoms with Crippen LogP contribution < -0.4 is 5.73 Å². The smallest absolute Gasteiger partial charge is 0.0704 e. The molecule has 1 aromatic heterocycles. The van der Waals surface area contributed by atoms with Gasteiger partial charge in [0.1, 0.15) is 0 Å². The van der Waals surface area contributed by atoms with E-state index in [0.29, 0.717) is 5.92 Å². The number of unbranched alkanes of at least 4 members (excludes halogenated alkanes) is 1. The monoisotopic (exact) mass is 270 g/mol. The second-order valence-electron chi connectivity index (χ2n) is 5.67. The lowest BCUT2D eigenvalue weighted by molar-refractivity contribution is 0.369. The molecule has 2 heteroatoms. The molecule has 1 aromatic carbocycles. The van der Waals surface area contributed by atoms with Crippen molar-refractivity contribution in [2.24, 2.45) is 11.7 Å². The van der Waals surface area contributed by atoms with Crippen molar-refractivity contribution < 1.29 is 0 Å². The summed E-state index contributed by atoms with van der Waals surface area (Å²) in [5.41, 5.74) is 8.87. The van der Waals surface area contributed by atoms with Gasteiger partial charge >= 0.3 is 0 Å². The van der Waals surface area contributed by atoms with Gasteiger partial charge in [0.2, 0.25) is 0 Å². The molecule has 0 radical (unpaired) electrons. The fraction of sp³-hybridized carbons (Fsp3) is 0.500. The lowest BCUT2D eigenvalue weighted by atomic mass is 9.87. The zero-order valence-corrected chi connectivity index (χ0v) is 12.7. The lowest BCUT2D eigenvalue weighted by Crippen LogP contribution is -2.32. The van der Waals surface area contributed by atoms with Crippen LogP contribution in [0.15, 0.2) is 36.5 Å². The van der Waals surface area contributed by atoms with E-state index in [4.69, 9.17) is 5.73 Å². The predicted molar refractivity (Wildman–Crippen MR) is 86.7 cm³/mol. The van der Waals surface area contributed by atoms with Crippen LogP contribution in [0, 0.1) is 5.92 Å². The Morgan fingerprint density at radius 3 is 2.70 bits per heavy atom. The number of nitrogens with zero attached hydrogens (tertiary/aromatic N) is 1. The van der Waals surface area contributed by atoms with Crippen molar-refractivity contribution in [3.63, 3.8) is 0 Å². The van der Waals surface area contributed by atoms with E-state index in [-0.39, 0.29) is 6.04 Å². The topological polar surface area (TPSA) is 38.9 Å². The summed E-state index contributed by atoms with van der Waals surface area (Å²) in [6.07, 6.45) is 7.80. The van der Waals surface area contributed by atoms with Crippen LogP contribution in [0.3, 0.4) is 0 Å². The second kappa shape index (κ2) is 7.39. The number of rotatable bonds is 7. The molecule has 1 heterocycles. The minimum absolute atomic E-state index is 0.248. The van der Waals surface area contributed by atoms with Crippen molar-refractivity contribution in [1.29, 1.82) is 0 Å². The molecule has 2 aromatic rings. The van der Waals surface area contributed by atoms with Crippen molar-refractivity contribution in [1.82, 2.24) is 4.98 Å². The number of fused-ring (bicyclic) bond motifs is 1. The average molecular weight is 270 g/mol. The van der Waals surface area contributed by atoms with Gasteiger partial charge in [0.25, 0.3) is 0 Å². The molecule has 0 aliphatic rings. The zero-order valence-electron chi connectivity index (χ0n) is 12.7. The van der Waals surface area contributed by atoms with Crippen molar-refractivity contribution in [3.8, 4) is 0 Å². The van der Waals surface area contributed by atoms with E-state index in [2.05, 4.69) is 43.1 Å². The quantitative estimate of drug-likeness (QED) is 0.813. The molecule has 0 spiro atoms. The number of nitrogens with two attached hydrogens (primary N) is 1. The Hall–Kier alpha value is -1.41. The van der Waals surface area contributed by atoms with Gasteiger partial charge in [0.15, 0.2) is 0 Å². The zero-order chi connectivity index (χ0) is 14.4. The van der Waals surface area contributed by atoms with Crippen LogP contribution in [-0.2, 0) is 6.42 Å². The van der Waals surface area contributed by atoms with Crippen molar-refractivity contribution >= 4 is 10.9 Å². The van der Waals surface area contributed by atoms with Crippen LogP contribution in [0.2, 0.25) is 0 Å². The summed E-state index contributed by atoms with van der Waals surface area (Å²) in [6.45, 7) is 4.50. The minimum atomic E-state index is 0.248. The summed E-state index contributed by atoms with van der Waals surface area (Å²) < 4.78 is 0. The van der Waals surface area contributed by atoms with Crippen LogP contribution in [0.4, 0.5) is 0 Å². The summed E-state index contributed by atoms with van der Waals surface area (Å²) in [5, 5.41) is 1.25.